The van der Waals surface area contributed by atoms with Gasteiger partial charge in [0.05, 0.1) is 0 Å². The Bertz CT molecular complexity index is 1190. The summed E-state index contributed by atoms with van der Waals surface area (Å²) < 4.78 is 0. The second-order valence-corrected chi connectivity index (χ2v) is 6.21. The Morgan fingerprint density at radius 3 is 1.95 bits per heavy atom. The Morgan fingerprint density at radius 2 is 1.23 bits per heavy atom. The average Bonchev–Trinajstić information content (AvgIpc) is 2.55. The molecule has 104 valence electrons. The maximum atomic E-state index is 10.7. The second-order valence-electron chi connectivity index (χ2n) is 5.73. The lowest BCUT2D eigenvalue weighted by Crippen LogP contribution is -1.87. The lowest BCUT2D eigenvalue weighted by atomic mass is 9.89. The van der Waals surface area contributed by atoms with E-state index in [0.717, 1.165) is 21.5 Å². The monoisotopic (exact) mass is 300 g/mol. The first kappa shape index (κ1) is 12.1. The zero-order valence-electron chi connectivity index (χ0n) is 11.7. The number of phenolic OH excluding ortho intramolecular Hbond substituents is 1. The van der Waals surface area contributed by atoms with Crippen molar-refractivity contribution in [3.8, 4) is 5.75 Å². The largest absolute Gasteiger partial charge is 0.506 e. The standard InChI is InChI=1S/C20H12OS/c21-20-16(22)10-12-6-3-8-14-13-7-1-4-11-5-2-9-15(17(11)13)19(20)18(12)14/h1-10,21-22H. The van der Waals surface area contributed by atoms with E-state index >= 15 is 0 Å². The van der Waals surface area contributed by atoms with E-state index in [1.165, 1.54) is 21.5 Å². The molecule has 2 heteroatoms. The molecule has 0 heterocycles. The van der Waals surface area contributed by atoms with Gasteiger partial charge in [-0.05, 0) is 38.4 Å². The van der Waals surface area contributed by atoms with Crippen LogP contribution >= 0.6 is 12.6 Å². The van der Waals surface area contributed by atoms with Gasteiger partial charge in [-0.3, -0.25) is 0 Å². The Hall–Kier alpha value is -2.45. The highest BCUT2D eigenvalue weighted by Gasteiger charge is 2.16. The van der Waals surface area contributed by atoms with Crippen LogP contribution < -0.4 is 0 Å². The summed E-state index contributed by atoms with van der Waals surface area (Å²) >= 11 is 4.45. The van der Waals surface area contributed by atoms with Crippen LogP contribution in [0.25, 0.3) is 43.1 Å². The number of hydrogen-bond acceptors (Lipinski definition) is 2. The van der Waals surface area contributed by atoms with Gasteiger partial charge in [0.1, 0.15) is 5.75 Å². The highest BCUT2D eigenvalue weighted by atomic mass is 32.1. The van der Waals surface area contributed by atoms with Crippen LogP contribution in [0, 0.1) is 0 Å². The zero-order valence-corrected chi connectivity index (χ0v) is 12.6. The molecule has 0 fully saturated rings. The Kier molecular flexibility index (Phi) is 2.23. The number of benzene rings is 5. The fraction of sp³-hybridized carbons (Fsp3) is 0. The Labute approximate surface area is 132 Å². The van der Waals surface area contributed by atoms with Gasteiger partial charge in [0.2, 0.25) is 0 Å². The van der Waals surface area contributed by atoms with Crippen LogP contribution in [0.4, 0.5) is 0 Å². The van der Waals surface area contributed by atoms with E-state index in [1.54, 1.807) is 0 Å². The lowest BCUT2D eigenvalue weighted by molar-refractivity contribution is 0.470. The van der Waals surface area contributed by atoms with E-state index in [9.17, 15) is 5.11 Å². The summed E-state index contributed by atoms with van der Waals surface area (Å²) in [5.41, 5.74) is 0. The minimum Gasteiger partial charge on any atom is -0.506 e. The van der Waals surface area contributed by atoms with Gasteiger partial charge in [0.15, 0.2) is 0 Å². The molecule has 0 aliphatic carbocycles. The van der Waals surface area contributed by atoms with Gasteiger partial charge in [-0.25, -0.2) is 0 Å². The number of thiol groups is 1. The van der Waals surface area contributed by atoms with Crippen molar-refractivity contribution < 1.29 is 5.11 Å². The van der Waals surface area contributed by atoms with Gasteiger partial charge in [-0.15, -0.1) is 12.6 Å². The predicted molar refractivity (Wildman–Crippen MR) is 96.6 cm³/mol. The van der Waals surface area contributed by atoms with Crippen molar-refractivity contribution in [1.82, 2.24) is 0 Å². The van der Waals surface area contributed by atoms with Crippen LogP contribution in [0.2, 0.25) is 0 Å². The number of phenols is 1. The topological polar surface area (TPSA) is 20.2 Å². The van der Waals surface area contributed by atoms with E-state index in [1.807, 2.05) is 12.1 Å². The van der Waals surface area contributed by atoms with Crippen LogP contribution in [0.3, 0.4) is 0 Å². The molecule has 0 bridgehead atoms. The number of aromatic hydroxyl groups is 1. The van der Waals surface area contributed by atoms with Gasteiger partial charge in [0, 0.05) is 15.7 Å². The molecule has 5 rings (SSSR count). The van der Waals surface area contributed by atoms with E-state index < -0.39 is 0 Å². The molecule has 0 aliphatic heterocycles. The van der Waals surface area contributed by atoms with E-state index in [2.05, 4.69) is 61.2 Å². The molecule has 0 unspecified atom stereocenters. The summed E-state index contributed by atoms with van der Waals surface area (Å²) in [6.07, 6.45) is 0. The van der Waals surface area contributed by atoms with Crippen molar-refractivity contribution in [3.05, 3.63) is 60.7 Å². The Morgan fingerprint density at radius 1 is 0.636 bits per heavy atom. The van der Waals surface area contributed by atoms with Gasteiger partial charge in [0.25, 0.3) is 0 Å². The highest BCUT2D eigenvalue weighted by molar-refractivity contribution is 7.80. The van der Waals surface area contributed by atoms with Crippen LogP contribution in [-0.2, 0) is 0 Å². The van der Waals surface area contributed by atoms with Crippen molar-refractivity contribution in [2.24, 2.45) is 0 Å². The summed E-state index contributed by atoms with van der Waals surface area (Å²) in [4.78, 5) is 0.621. The van der Waals surface area contributed by atoms with Gasteiger partial charge in [-0.2, -0.15) is 0 Å². The third-order valence-electron chi connectivity index (χ3n) is 4.58. The summed E-state index contributed by atoms with van der Waals surface area (Å²) in [5.74, 6) is 0.269. The highest BCUT2D eigenvalue weighted by Crippen LogP contribution is 2.45. The summed E-state index contributed by atoms with van der Waals surface area (Å²) in [5, 5.41) is 19.7. The zero-order chi connectivity index (χ0) is 14.8. The normalized spacial score (nSPS) is 12.0. The molecule has 0 aliphatic rings. The Balaban J connectivity index is 2.31. The van der Waals surface area contributed by atoms with Crippen LogP contribution in [0.1, 0.15) is 0 Å². The predicted octanol–water partition coefficient (Wildman–Crippen LogP) is 5.73. The van der Waals surface area contributed by atoms with E-state index in [0.29, 0.717) is 4.90 Å². The second kappa shape index (κ2) is 4.05. The smallest absolute Gasteiger partial charge is 0.137 e. The molecule has 0 saturated carbocycles. The minimum absolute atomic E-state index is 0.269. The van der Waals surface area contributed by atoms with Gasteiger partial charge < -0.3 is 5.11 Å². The van der Waals surface area contributed by atoms with Gasteiger partial charge in [-0.1, -0.05) is 54.6 Å². The molecular formula is C20H12OS. The number of hydrogen-bond donors (Lipinski definition) is 2. The fourth-order valence-electron chi connectivity index (χ4n) is 3.69. The SMILES string of the molecule is Oc1c(S)cc2cccc3c4cccc5cccc(c1c23)c54. The molecule has 0 saturated heterocycles. The summed E-state index contributed by atoms with van der Waals surface area (Å²) in [6, 6.07) is 20.9. The molecule has 0 radical (unpaired) electrons. The first-order valence-corrected chi connectivity index (χ1v) is 7.70. The molecule has 5 aromatic rings. The quantitative estimate of drug-likeness (QED) is 0.212. The number of rotatable bonds is 0. The molecule has 5 aromatic carbocycles. The van der Waals surface area contributed by atoms with Crippen LogP contribution in [-0.4, -0.2) is 5.11 Å². The van der Waals surface area contributed by atoms with Crippen LogP contribution in [0.15, 0.2) is 65.6 Å². The molecule has 0 spiro atoms. The minimum atomic E-state index is 0.269. The van der Waals surface area contributed by atoms with Crippen molar-refractivity contribution in [1.29, 1.82) is 0 Å². The van der Waals surface area contributed by atoms with E-state index in [-0.39, 0.29) is 5.75 Å². The van der Waals surface area contributed by atoms with Crippen molar-refractivity contribution in [3.63, 3.8) is 0 Å². The van der Waals surface area contributed by atoms with Crippen LogP contribution in [0.5, 0.6) is 5.75 Å². The molecule has 0 aromatic heterocycles. The number of fused-ring (bicyclic) bond motifs is 2. The fourth-order valence-corrected chi connectivity index (χ4v) is 3.94. The maximum Gasteiger partial charge on any atom is 0.137 e. The molecular weight excluding hydrogens is 288 g/mol. The first-order valence-electron chi connectivity index (χ1n) is 7.26. The van der Waals surface area contributed by atoms with E-state index in [4.69, 9.17) is 0 Å². The molecule has 1 nitrogen and oxygen atoms in total. The first-order chi connectivity index (χ1) is 10.8. The summed E-state index contributed by atoms with van der Waals surface area (Å²) in [6.45, 7) is 0. The van der Waals surface area contributed by atoms with Crippen molar-refractivity contribution in [2.75, 3.05) is 0 Å². The van der Waals surface area contributed by atoms with Crippen molar-refractivity contribution >= 4 is 55.7 Å². The average molecular weight is 300 g/mol. The molecule has 0 amide bonds. The molecule has 1 N–H and O–H groups in total. The summed E-state index contributed by atoms with van der Waals surface area (Å²) in [7, 11) is 0. The van der Waals surface area contributed by atoms with Crippen molar-refractivity contribution in [2.45, 2.75) is 4.90 Å². The third-order valence-corrected chi connectivity index (χ3v) is 4.92. The molecule has 0 atom stereocenters. The lowest BCUT2D eigenvalue weighted by Gasteiger charge is -2.16. The van der Waals surface area contributed by atoms with Gasteiger partial charge >= 0.3 is 0 Å². The maximum absolute atomic E-state index is 10.7. The molecule has 22 heavy (non-hydrogen) atoms. The third kappa shape index (κ3) is 1.36.